The average molecular weight is 729 g/mol. The van der Waals surface area contributed by atoms with E-state index in [1.165, 1.54) is 10.9 Å². The molecule has 3 fully saturated rings. The molecule has 7 N–H and O–H groups in total. The van der Waals surface area contributed by atoms with Crippen molar-refractivity contribution in [3.63, 3.8) is 0 Å². The van der Waals surface area contributed by atoms with Crippen molar-refractivity contribution >= 4 is 71.1 Å². The maximum atomic E-state index is 16.0. The molecule has 3 aliphatic heterocycles. The smallest absolute Gasteiger partial charge is 0.325 e. The predicted octanol–water partition coefficient (Wildman–Crippen LogP) is 0.143. The van der Waals surface area contributed by atoms with Gasteiger partial charge in [0.15, 0.2) is 53.5 Å². The molecule has 2 unspecified atom stereocenters. The third-order valence-corrected chi connectivity index (χ3v) is 10.4. The van der Waals surface area contributed by atoms with Gasteiger partial charge in [-0.05, 0) is 23.6 Å². The Morgan fingerprint density at radius 3 is 2.39 bits per heavy atom. The SMILES string of the molecule is Nc1nc2c(ncn2[C@@H]2O[C@@H]3COP(O)(=S)O[C@H]4[C@H](F)[C@H](n5cnc6c(N)ncnc65)O[C@@H]4COP(O)(=S)O[C@@H]2C3(F)F)c(=O)[nH]1. The van der Waals surface area contributed by atoms with Gasteiger partial charge in [0.1, 0.15) is 24.1 Å². The Labute approximate surface area is 263 Å². The molecule has 4 aromatic rings. The fourth-order valence-electron chi connectivity index (χ4n) is 5.24. The summed E-state index contributed by atoms with van der Waals surface area (Å²) in [5.41, 5.74) is 10.4. The molecule has 3 aliphatic rings. The summed E-state index contributed by atoms with van der Waals surface area (Å²) in [4.78, 5) is 56.1. The first-order chi connectivity index (χ1) is 21.6. The van der Waals surface area contributed by atoms with Gasteiger partial charge in [-0.1, -0.05) is 0 Å². The lowest BCUT2D eigenvalue weighted by molar-refractivity contribution is -0.118. The van der Waals surface area contributed by atoms with Crippen LogP contribution in [0.1, 0.15) is 12.5 Å². The van der Waals surface area contributed by atoms with E-state index in [9.17, 15) is 14.6 Å². The van der Waals surface area contributed by atoms with Crippen LogP contribution >= 0.6 is 13.4 Å². The first-order valence-electron chi connectivity index (χ1n) is 12.9. The van der Waals surface area contributed by atoms with Crippen molar-refractivity contribution in [1.82, 2.24) is 39.0 Å². The van der Waals surface area contributed by atoms with E-state index in [4.69, 9.17) is 62.6 Å². The number of nitrogens with zero attached hydrogens (tertiary/aromatic N) is 7. The Balaban J connectivity index is 1.23. The zero-order valence-electron chi connectivity index (χ0n) is 22.6. The van der Waals surface area contributed by atoms with Crippen LogP contribution in [-0.2, 0) is 51.2 Å². The Kier molecular flexibility index (Phi) is 7.74. The van der Waals surface area contributed by atoms with E-state index in [0.717, 1.165) is 17.2 Å². The standard InChI is InChI=1S/C20H21F3N10O9P2S2/c21-8-11-6(39-17(8)32-4-28-9-13(24)26-3-27-14(9)32)1-37-44(36,46)42-12-18(33-5-29-10-15(33)30-19(25)31-16(10)34)40-7(20(12,22)23)2-38-43(35,45)41-11/h3-8,11-12,17-18H,1-2H2,(H,35,45)(H,36,46)(H2,24,26,27)(H3,25,30,31,34)/t6-,7-,8+,11-,12+,17-,18-,43?,44?/m1/s1. The summed E-state index contributed by atoms with van der Waals surface area (Å²) in [5.74, 6) is -4.36. The minimum Gasteiger partial charge on any atom is -0.382 e. The third-order valence-electron chi connectivity index (χ3n) is 7.32. The largest absolute Gasteiger partial charge is 0.382 e. The summed E-state index contributed by atoms with van der Waals surface area (Å²) in [6.45, 7) is -11.0. The molecule has 0 amide bonds. The predicted molar refractivity (Wildman–Crippen MR) is 155 cm³/mol. The van der Waals surface area contributed by atoms with Gasteiger partial charge >= 0.3 is 19.4 Å². The van der Waals surface area contributed by atoms with Crippen LogP contribution < -0.4 is 17.0 Å². The number of aromatic amines is 1. The zero-order valence-corrected chi connectivity index (χ0v) is 26.0. The fraction of sp³-hybridized carbons (Fsp3) is 0.500. The number of ether oxygens (including phenoxy) is 2. The van der Waals surface area contributed by atoms with Gasteiger partial charge in [0.25, 0.3) is 5.56 Å². The summed E-state index contributed by atoms with van der Waals surface area (Å²) in [5, 5.41) is 0. The number of halogens is 3. The van der Waals surface area contributed by atoms with Gasteiger partial charge in [0, 0.05) is 0 Å². The first-order valence-corrected chi connectivity index (χ1v) is 18.1. The fourth-order valence-corrected chi connectivity index (χ4v) is 8.05. The molecule has 0 aromatic carbocycles. The Morgan fingerprint density at radius 1 is 0.957 bits per heavy atom. The summed E-state index contributed by atoms with van der Waals surface area (Å²) in [7, 11) is 0. The highest BCUT2D eigenvalue weighted by Gasteiger charge is 2.63. The molecular weight excluding hydrogens is 707 g/mol. The lowest BCUT2D eigenvalue weighted by atomic mass is 10.1. The molecule has 248 valence electrons. The quantitative estimate of drug-likeness (QED) is 0.172. The van der Waals surface area contributed by atoms with Crippen molar-refractivity contribution < 1.29 is 50.5 Å². The van der Waals surface area contributed by atoms with E-state index in [2.05, 4.69) is 29.9 Å². The number of imidazole rings is 2. The highest BCUT2D eigenvalue weighted by molar-refractivity contribution is 8.07. The Morgan fingerprint density at radius 2 is 1.63 bits per heavy atom. The number of H-pyrrole nitrogens is 1. The molecule has 0 saturated carbocycles. The zero-order chi connectivity index (χ0) is 32.8. The van der Waals surface area contributed by atoms with Crippen molar-refractivity contribution in [1.29, 1.82) is 0 Å². The number of aromatic nitrogens is 8. The van der Waals surface area contributed by atoms with Crippen LogP contribution in [-0.4, -0.2) is 98.5 Å². The number of alkyl halides is 3. The van der Waals surface area contributed by atoms with E-state index >= 15 is 13.2 Å². The van der Waals surface area contributed by atoms with Gasteiger partial charge in [0.05, 0.1) is 25.9 Å². The molecule has 19 nitrogen and oxygen atoms in total. The van der Waals surface area contributed by atoms with Crippen LogP contribution in [0.2, 0.25) is 0 Å². The summed E-state index contributed by atoms with van der Waals surface area (Å²) < 4.78 is 82.5. The number of anilines is 2. The van der Waals surface area contributed by atoms with E-state index in [-0.39, 0.29) is 34.1 Å². The number of nitrogens with one attached hydrogen (secondary N) is 1. The number of fused-ring (bicyclic) bond motifs is 5. The number of nitrogens with two attached hydrogens (primary N) is 2. The molecule has 0 radical (unpaired) electrons. The highest BCUT2D eigenvalue weighted by atomic mass is 32.5. The molecule has 0 spiro atoms. The van der Waals surface area contributed by atoms with Crippen molar-refractivity contribution in [2.45, 2.75) is 49.0 Å². The van der Waals surface area contributed by atoms with E-state index in [1.54, 1.807) is 0 Å². The second-order valence-electron chi connectivity index (χ2n) is 10.2. The van der Waals surface area contributed by atoms with Crippen molar-refractivity contribution in [2.24, 2.45) is 0 Å². The molecule has 2 bridgehead atoms. The molecule has 26 heteroatoms. The van der Waals surface area contributed by atoms with Gasteiger partial charge in [-0.25, -0.2) is 33.1 Å². The third kappa shape index (κ3) is 5.41. The topological polar surface area (TPSA) is 255 Å². The molecule has 9 atom stereocenters. The Hall–Kier alpha value is -2.73. The van der Waals surface area contributed by atoms with Crippen molar-refractivity contribution in [3.8, 4) is 0 Å². The molecule has 0 aliphatic carbocycles. The Bertz CT molecular complexity index is 2000. The molecule has 7 rings (SSSR count). The van der Waals surface area contributed by atoms with Crippen molar-refractivity contribution in [2.75, 3.05) is 24.7 Å². The number of hydrogen-bond acceptors (Lipinski definition) is 16. The normalized spacial score (nSPS) is 36.7. The summed E-state index contributed by atoms with van der Waals surface area (Å²) >= 11 is 10.1. The van der Waals surface area contributed by atoms with E-state index in [0.29, 0.717) is 0 Å². The molecule has 3 saturated heterocycles. The lowest BCUT2D eigenvalue weighted by Crippen LogP contribution is -2.42. The molecule has 7 heterocycles. The van der Waals surface area contributed by atoms with Gasteiger partial charge < -0.3 is 39.8 Å². The maximum absolute atomic E-state index is 16.0. The average Bonchev–Trinajstić information content (AvgIpc) is 3.71. The minimum atomic E-state index is -4.63. The van der Waals surface area contributed by atoms with Crippen molar-refractivity contribution in [3.05, 3.63) is 29.3 Å². The van der Waals surface area contributed by atoms with Gasteiger partial charge in [-0.3, -0.25) is 28.0 Å². The number of nitrogen functional groups attached to an aromatic ring is 2. The highest BCUT2D eigenvalue weighted by Crippen LogP contribution is 2.57. The summed E-state index contributed by atoms with van der Waals surface area (Å²) in [6, 6.07) is 0. The second kappa shape index (κ2) is 11.2. The van der Waals surface area contributed by atoms with E-state index in [1.807, 2.05) is 0 Å². The van der Waals surface area contributed by atoms with Crippen LogP contribution in [0, 0.1) is 0 Å². The molecule has 46 heavy (non-hydrogen) atoms. The van der Waals surface area contributed by atoms with Crippen LogP contribution in [0.3, 0.4) is 0 Å². The van der Waals surface area contributed by atoms with Gasteiger partial charge in [0.2, 0.25) is 5.95 Å². The maximum Gasteiger partial charge on any atom is 0.325 e. The molecular formula is C20H21F3N10O9P2S2. The number of hydrogen-bond donors (Lipinski definition) is 5. The first kappa shape index (κ1) is 31.8. The number of rotatable bonds is 2. The summed E-state index contributed by atoms with van der Waals surface area (Å²) in [6.07, 6.45) is -10.0. The second-order valence-corrected chi connectivity index (χ2v) is 15.8. The minimum absolute atomic E-state index is 0.0124. The van der Waals surface area contributed by atoms with Crippen LogP contribution in [0.15, 0.2) is 23.8 Å². The molecule has 4 aromatic heterocycles. The van der Waals surface area contributed by atoms with Crippen LogP contribution in [0.5, 0.6) is 0 Å². The van der Waals surface area contributed by atoms with E-state index < -0.39 is 81.2 Å². The van der Waals surface area contributed by atoms with Gasteiger partial charge in [-0.15, -0.1) is 0 Å². The monoisotopic (exact) mass is 728 g/mol. The van der Waals surface area contributed by atoms with Crippen LogP contribution in [0.4, 0.5) is 24.9 Å². The van der Waals surface area contributed by atoms with Crippen LogP contribution in [0.25, 0.3) is 22.3 Å². The lowest BCUT2D eigenvalue weighted by Gasteiger charge is -2.28. The van der Waals surface area contributed by atoms with Gasteiger partial charge in [-0.2, -0.15) is 4.98 Å².